The van der Waals surface area contributed by atoms with Crippen LogP contribution in [0.1, 0.15) is 46.2 Å². The summed E-state index contributed by atoms with van der Waals surface area (Å²) in [7, 11) is 0. The van der Waals surface area contributed by atoms with Crippen molar-refractivity contribution in [1.82, 2.24) is 19.7 Å². The van der Waals surface area contributed by atoms with Gasteiger partial charge in [-0.1, -0.05) is 6.07 Å². The Morgan fingerprint density at radius 3 is 2.72 bits per heavy atom. The Morgan fingerprint density at radius 1 is 1.20 bits per heavy atom. The third kappa shape index (κ3) is 3.15. The number of nitrogens with one attached hydrogen (secondary N) is 1. The predicted molar refractivity (Wildman–Crippen MR) is 95.0 cm³/mol. The summed E-state index contributed by atoms with van der Waals surface area (Å²) < 4.78 is 1.90. The van der Waals surface area contributed by atoms with Crippen molar-refractivity contribution < 1.29 is 4.79 Å². The van der Waals surface area contributed by atoms with Gasteiger partial charge in [0.2, 0.25) is 0 Å². The van der Waals surface area contributed by atoms with Crippen LogP contribution < -0.4 is 5.32 Å². The van der Waals surface area contributed by atoms with Gasteiger partial charge in [-0.25, -0.2) is 9.67 Å². The minimum atomic E-state index is -0.235. The standard InChI is InChI=1S/C19H19N5O/c1-12-4-3-9-20-18(12)19(25)22-15-7-8-17(21-11-15)24-16(14-5-6-14)10-13(2)23-24/h3-4,7-11,14H,5-6H2,1-2H3,(H,22,25). The molecule has 3 aromatic heterocycles. The molecule has 0 saturated heterocycles. The zero-order valence-corrected chi connectivity index (χ0v) is 14.2. The lowest BCUT2D eigenvalue weighted by molar-refractivity contribution is 0.102. The van der Waals surface area contributed by atoms with E-state index < -0.39 is 0 Å². The van der Waals surface area contributed by atoms with Gasteiger partial charge in [0.15, 0.2) is 5.82 Å². The van der Waals surface area contributed by atoms with E-state index in [1.807, 2.05) is 42.8 Å². The molecule has 1 aliphatic rings. The van der Waals surface area contributed by atoms with Gasteiger partial charge in [-0.05, 0) is 56.5 Å². The first-order chi connectivity index (χ1) is 12.1. The maximum atomic E-state index is 12.3. The summed E-state index contributed by atoms with van der Waals surface area (Å²) in [6.45, 7) is 3.86. The quantitative estimate of drug-likeness (QED) is 0.794. The van der Waals surface area contributed by atoms with Gasteiger partial charge in [-0.15, -0.1) is 0 Å². The number of nitrogens with zero attached hydrogens (tertiary/aromatic N) is 4. The Morgan fingerprint density at radius 2 is 2.04 bits per heavy atom. The number of rotatable bonds is 4. The van der Waals surface area contributed by atoms with Crippen LogP contribution in [0.4, 0.5) is 5.69 Å². The molecule has 1 N–H and O–H groups in total. The highest BCUT2D eigenvalue weighted by Crippen LogP contribution is 2.40. The van der Waals surface area contributed by atoms with Crippen LogP contribution in [0.25, 0.3) is 5.82 Å². The van der Waals surface area contributed by atoms with Crippen LogP contribution in [-0.4, -0.2) is 25.7 Å². The van der Waals surface area contributed by atoms with Crippen molar-refractivity contribution >= 4 is 11.6 Å². The van der Waals surface area contributed by atoms with Gasteiger partial charge in [0.1, 0.15) is 5.69 Å². The van der Waals surface area contributed by atoms with Gasteiger partial charge in [0.25, 0.3) is 5.91 Å². The Bertz CT molecular complexity index is 925. The zero-order chi connectivity index (χ0) is 17.4. The molecule has 0 radical (unpaired) electrons. The van der Waals surface area contributed by atoms with E-state index in [9.17, 15) is 4.79 Å². The van der Waals surface area contributed by atoms with Crippen LogP contribution in [0.5, 0.6) is 0 Å². The molecule has 4 rings (SSSR count). The van der Waals surface area contributed by atoms with E-state index >= 15 is 0 Å². The number of carbonyl (C=O) groups is 1. The lowest BCUT2D eigenvalue weighted by Crippen LogP contribution is -2.15. The summed E-state index contributed by atoms with van der Waals surface area (Å²) >= 11 is 0. The summed E-state index contributed by atoms with van der Waals surface area (Å²) in [6, 6.07) is 9.51. The van der Waals surface area contributed by atoms with E-state index in [1.54, 1.807) is 12.4 Å². The molecule has 0 bridgehead atoms. The molecule has 0 unspecified atom stereocenters. The van der Waals surface area contributed by atoms with Crippen LogP contribution in [0, 0.1) is 13.8 Å². The molecule has 6 heteroatoms. The van der Waals surface area contributed by atoms with E-state index in [4.69, 9.17) is 0 Å². The smallest absolute Gasteiger partial charge is 0.274 e. The first-order valence-corrected chi connectivity index (χ1v) is 8.38. The summed E-state index contributed by atoms with van der Waals surface area (Å²) in [4.78, 5) is 20.9. The Balaban J connectivity index is 1.55. The second kappa shape index (κ2) is 6.12. The molecule has 1 aliphatic carbocycles. The first kappa shape index (κ1) is 15.5. The topological polar surface area (TPSA) is 72.7 Å². The lowest BCUT2D eigenvalue weighted by atomic mass is 10.2. The fourth-order valence-electron chi connectivity index (χ4n) is 2.87. The van der Waals surface area contributed by atoms with Gasteiger partial charge in [-0.2, -0.15) is 5.10 Å². The largest absolute Gasteiger partial charge is 0.319 e. The van der Waals surface area contributed by atoms with E-state index in [0.717, 1.165) is 17.1 Å². The number of amides is 1. The molecule has 126 valence electrons. The fourth-order valence-corrected chi connectivity index (χ4v) is 2.87. The van der Waals surface area contributed by atoms with Crippen LogP contribution in [0.3, 0.4) is 0 Å². The monoisotopic (exact) mass is 333 g/mol. The molecule has 3 aromatic rings. The molecule has 0 aliphatic heterocycles. The maximum Gasteiger partial charge on any atom is 0.274 e. The van der Waals surface area contributed by atoms with E-state index in [2.05, 4.69) is 26.4 Å². The van der Waals surface area contributed by atoms with Crippen LogP contribution in [-0.2, 0) is 0 Å². The highest BCUT2D eigenvalue weighted by Gasteiger charge is 2.28. The van der Waals surface area contributed by atoms with Crippen molar-refractivity contribution in [2.45, 2.75) is 32.6 Å². The minimum absolute atomic E-state index is 0.235. The fraction of sp³-hybridized carbons (Fsp3) is 0.263. The summed E-state index contributed by atoms with van der Waals surface area (Å²) in [5.41, 5.74) is 4.10. The second-order valence-corrected chi connectivity index (χ2v) is 6.42. The summed E-state index contributed by atoms with van der Waals surface area (Å²) in [5, 5.41) is 7.39. The van der Waals surface area contributed by atoms with Gasteiger partial charge < -0.3 is 5.32 Å². The Hall–Kier alpha value is -3.02. The van der Waals surface area contributed by atoms with E-state index in [-0.39, 0.29) is 5.91 Å². The molecule has 0 atom stereocenters. The van der Waals surface area contributed by atoms with Crippen molar-refractivity contribution in [3.8, 4) is 5.82 Å². The normalized spacial score (nSPS) is 13.7. The number of aryl methyl sites for hydroxylation is 2. The minimum Gasteiger partial charge on any atom is -0.319 e. The Kier molecular flexibility index (Phi) is 3.80. The summed E-state index contributed by atoms with van der Waals surface area (Å²) in [6.07, 6.45) is 5.69. The van der Waals surface area contributed by atoms with Crippen LogP contribution >= 0.6 is 0 Å². The van der Waals surface area contributed by atoms with Gasteiger partial charge in [-0.3, -0.25) is 9.78 Å². The van der Waals surface area contributed by atoms with Gasteiger partial charge >= 0.3 is 0 Å². The van der Waals surface area contributed by atoms with Crippen molar-refractivity contribution in [3.63, 3.8) is 0 Å². The third-order valence-corrected chi connectivity index (χ3v) is 4.30. The maximum absolute atomic E-state index is 12.3. The molecule has 1 saturated carbocycles. The SMILES string of the molecule is Cc1cc(C2CC2)n(-c2ccc(NC(=O)c3ncccc3C)cn2)n1. The second-order valence-electron chi connectivity index (χ2n) is 6.42. The van der Waals surface area contributed by atoms with E-state index in [0.29, 0.717) is 17.3 Å². The number of anilines is 1. The van der Waals surface area contributed by atoms with Crippen molar-refractivity contribution in [1.29, 1.82) is 0 Å². The number of aromatic nitrogens is 4. The van der Waals surface area contributed by atoms with Crippen molar-refractivity contribution in [3.05, 3.63) is 65.4 Å². The van der Waals surface area contributed by atoms with E-state index in [1.165, 1.54) is 18.5 Å². The predicted octanol–water partition coefficient (Wildman–Crippen LogP) is 3.41. The van der Waals surface area contributed by atoms with Crippen LogP contribution in [0.2, 0.25) is 0 Å². The summed E-state index contributed by atoms with van der Waals surface area (Å²) in [5.74, 6) is 1.12. The Labute approximate surface area is 145 Å². The molecule has 6 nitrogen and oxygen atoms in total. The molecular formula is C19H19N5O. The van der Waals surface area contributed by atoms with Crippen molar-refractivity contribution in [2.24, 2.45) is 0 Å². The van der Waals surface area contributed by atoms with Crippen molar-refractivity contribution in [2.75, 3.05) is 5.32 Å². The number of hydrogen-bond acceptors (Lipinski definition) is 4. The number of pyridine rings is 2. The average molecular weight is 333 g/mol. The average Bonchev–Trinajstić information content (AvgIpc) is 3.38. The third-order valence-electron chi connectivity index (χ3n) is 4.30. The number of carbonyl (C=O) groups excluding carboxylic acids is 1. The van der Waals surface area contributed by atoms with Gasteiger partial charge in [0, 0.05) is 17.8 Å². The van der Waals surface area contributed by atoms with Crippen LogP contribution in [0.15, 0.2) is 42.7 Å². The zero-order valence-electron chi connectivity index (χ0n) is 14.2. The molecule has 0 aromatic carbocycles. The lowest BCUT2D eigenvalue weighted by Gasteiger charge is -2.08. The highest BCUT2D eigenvalue weighted by molar-refractivity contribution is 6.03. The number of hydrogen-bond donors (Lipinski definition) is 1. The first-order valence-electron chi connectivity index (χ1n) is 8.38. The molecule has 3 heterocycles. The van der Waals surface area contributed by atoms with Gasteiger partial charge in [0.05, 0.1) is 17.6 Å². The molecule has 25 heavy (non-hydrogen) atoms. The molecular weight excluding hydrogens is 314 g/mol. The molecule has 1 amide bonds. The highest BCUT2D eigenvalue weighted by atomic mass is 16.1. The molecule has 1 fully saturated rings. The molecule has 0 spiro atoms.